The quantitative estimate of drug-likeness (QED) is 0.750. The molecule has 0 aromatic heterocycles. The molecule has 1 aromatic rings. The third-order valence-corrected chi connectivity index (χ3v) is 7.48. The molecule has 2 atom stereocenters. The van der Waals surface area contributed by atoms with Crippen LogP contribution < -0.4 is 0 Å². The number of hydrogen-bond acceptors (Lipinski definition) is 4. The van der Waals surface area contributed by atoms with Crippen LogP contribution in [0.4, 0.5) is 0 Å². The van der Waals surface area contributed by atoms with E-state index >= 15 is 0 Å². The maximum atomic E-state index is 13.1. The first-order valence-corrected chi connectivity index (χ1v) is 11.7. The second-order valence-corrected chi connectivity index (χ2v) is 10.3. The average molecular weight is 409 g/mol. The number of rotatable bonds is 5. The van der Waals surface area contributed by atoms with Gasteiger partial charge in [-0.25, -0.2) is 8.42 Å². The Kier molecular flexibility index (Phi) is 6.47. The molecular weight excluding hydrogens is 376 g/mol. The van der Waals surface area contributed by atoms with E-state index < -0.39 is 10.0 Å². The van der Waals surface area contributed by atoms with E-state index in [2.05, 4.69) is 0 Å². The molecule has 2 fully saturated rings. The Morgan fingerprint density at radius 2 is 1.61 bits per heavy atom. The van der Waals surface area contributed by atoms with Crippen LogP contribution in [0, 0.1) is 0 Å². The second-order valence-electron chi connectivity index (χ2n) is 8.35. The molecule has 1 heterocycles. The Balaban J connectivity index is 1.79. The van der Waals surface area contributed by atoms with Crippen molar-refractivity contribution in [3.63, 3.8) is 0 Å². The summed E-state index contributed by atoms with van der Waals surface area (Å²) in [4.78, 5) is 15.3. The Morgan fingerprint density at radius 3 is 2.11 bits per heavy atom. The van der Waals surface area contributed by atoms with Gasteiger partial charge in [-0.15, -0.1) is 0 Å². The van der Waals surface area contributed by atoms with Crippen LogP contribution in [0.5, 0.6) is 0 Å². The number of carbonyl (C=O) groups is 1. The number of ether oxygens (including phenoxy) is 1. The number of morpholine rings is 1. The molecule has 2 aliphatic rings. The minimum atomic E-state index is -3.59. The minimum absolute atomic E-state index is 0.0144. The molecule has 7 heteroatoms. The van der Waals surface area contributed by atoms with Crippen molar-refractivity contribution in [2.75, 3.05) is 13.1 Å². The van der Waals surface area contributed by atoms with E-state index in [1.54, 1.807) is 24.3 Å². The monoisotopic (exact) mass is 408 g/mol. The molecule has 3 rings (SSSR count). The van der Waals surface area contributed by atoms with Crippen LogP contribution in [0.1, 0.15) is 63.7 Å². The predicted molar refractivity (Wildman–Crippen MR) is 109 cm³/mol. The lowest BCUT2D eigenvalue weighted by Crippen LogP contribution is -2.48. The van der Waals surface area contributed by atoms with Crippen LogP contribution in [-0.2, 0) is 14.8 Å². The molecule has 0 spiro atoms. The summed E-state index contributed by atoms with van der Waals surface area (Å²) in [7, 11) is -3.59. The molecule has 0 bridgehead atoms. The largest absolute Gasteiger partial charge is 0.373 e. The van der Waals surface area contributed by atoms with Crippen LogP contribution in [-0.4, -0.2) is 60.9 Å². The molecule has 6 nitrogen and oxygen atoms in total. The van der Waals surface area contributed by atoms with E-state index in [-0.39, 0.29) is 35.1 Å². The maximum Gasteiger partial charge on any atom is 0.254 e. The molecule has 1 aliphatic heterocycles. The Morgan fingerprint density at radius 1 is 1.07 bits per heavy atom. The lowest BCUT2D eigenvalue weighted by Gasteiger charge is -2.34. The summed E-state index contributed by atoms with van der Waals surface area (Å²) in [5.41, 5.74) is 0.545. The highest BCUT2D eigenvalue weighted by Crippen LogP contribution is 2.27. The number of benzene rings is 1. The number of carbonyl (C=O) groups excluding carboxylic acids is 1. The normalized spacial score (nSPS) is 24.6. The molecule has 1 aromatic carbocycles. The summed E-state index contributed by atoms with van der Waals surface area (Å²) >= 11 is 0. The minimum Gasteiger partial charge on any atom is -0.373 e. The first kappa shape index (κ1) is 21.3. The zero-order chi connectivity index (χ0) is 20.5. The molecule has 2 unspecified atom stereocenters. The third-order valence-electron chi connectivity index (χ3n) is 5.63. The summed E-state index contributed by atoms with van der Waals surface area (Å²) in [5, 5.41) is 0. The number of sulfonamides is 1. The Labute approximate surface area is 168 Å². The van der Waals surface area contributed by atoms with E-state index in [0.717, 1.165) is 25.7 Å². The summed E-state index contributed by atoms with van der Waals surface area (Å²) in [6.45, 7) is 8.52. The van der Waals surface area contributed by atoms with Gasteiger partial charge < -0.3 is 9.64 Å². The highest BCUT2D eigenvalue weighted by Gasteiger charge is 2.33. The van der Waals surface area contributed by atoms with E-state index in [4.69, 9.17) is 4.74 Å². The highest BCUT2D eigenvalue weighted by atomic mass is 32.2. The molecule has 1 saturated carbocycles. The van der Waals surface area contributed by atoms with Crippen molar-refractivity contribution < 1.29 is 17.9 Å². The molecule has 0 N–H and O–H groups in total. The molecule has 156 valence electrons. The third kappa shape index (κ3) is 4.42. The second kappa shape index (κ2) is 8.51. The zero-order valence-electron chi connectivity index (χ0n) is 17.3. The molecule has 28 heavy (non-hydrogen) atoms. The average Bonchev–Trinajstić information content (AvgIpc) is 3.15. The topological polar surface area (TPSA) is 66.9 Å². The molecule has 1 saturated heterocycles. The van der Waals surface area contributed by atoms with Gasteiger partial charge in [0.2, 0.25) is 10.0 Å². The van der Waals surface area contributed by atoms with Crippen molar-refractivity contribution in [3.05, 3.63) is 29.8 Å². The van der Waals surface area contributed by atoms with Crippen LogP contribution >= 0.6 is 0 Å². The lowest BCUT2D eigenvalue weighted by atomic mass is 10.1. The molecule has 1 aliphatic carbocycles. The Bertz CT molecular complexity index is 775. The van der Waals surface area contributed by atoms with Crippen LogP contribution in [0.25, 0.3) is 0 Å². The van der Waals surface area contributed by atoms with Gasteiger partial charge in [0.1, 0.15) is 0 Å². The standard InChI is InChI=1S/C21H32N2O4S/c1-15(2)23(19-7-5-6-8-19)21(24)18-9-11-20(12-10-18)28(25,26)22-13-16(3)27-17(4)14-22/h9-12,15-17,19H,5-8,13-14H2,1-4H3. The molecular formula is C21H32N2O4S. The fraction of sp³-hybridized carbons (Fsp3) is 0.667. The number of nitrogens with zero attached hydrogens (tertiary/aromatic N) is 2. The van der Waals surface area contributed by atoms with E-state index in [1.165, 1.54) is 4.31 Å². The molecule has 1 amide bonds. The van der Waals surface area contributed by atoms with Gasteiger partial charge in [-0.05, 0) is 64.8 Å². The van der Waals surface area contributed by atoms with Crippen molar-refractivity contribution in [3.8, 4) is 0 Å². The first-order valence-electron chi connectivity index (χ1n) is 10.3. The summed E-state index contributed by atoms with van der Waals surface area (Å²) in [6, 6.07) is 6.81. The van der Waals surface area contributed by atoms with Gasteiger partial charge in [-0.2, -0.15) is 4.31 Å². The van der Waals surface area contributed by atoms with Gasteiger partial charge in [0.05, 0.1) is 17.1 Å². The number of amides is 1. The van der Waals surface area contributed by atoms with Crippen molar-refractivity contribution in [2.24, 2.45) is 0 Å². The van der Waals surface area contributed by atoms with Crippen molar-refractivity contribution in [1.82, 2.24) is 9.21 Å². The van der Waals surface area contributed by atoms with Crippen molar-refractivity contribution in [2.45, 2.75) is 82.6 Å². The first-order chi connectivity index (χ1) is 13.2. The van der Waals surface area contributed by atoms with Gasteiger partial charge in [-0.1, -0.05) is 12.8 Å². The highest BCUT2D eigenvalue weighted by molar-refractivity contribution is 7.89. The van der Waals surface area contributed by atoms with Crippen LogP contribution in [0.15, 0.2) is 29.2 Å². The maximum absolute atomic E-state index is 13.1. The zero-order valence-corrected chi connectivity index (χ0v) is 18.1. The van der Waals surface area contributed by atoms with Gasteiger partial charge in [0, 0.05) is 30.7 Å². The fourth-order valence-electron chi connectivity index (χ4n) is 4.40. The van der Waals surface area contributed by atoms with Crippen molar-refractivity contribution >= 4 is 15.9 Å². The fourth-order valence-corrected chi connectivity index (χ4v) is 5.99. The van der Waals surface area contributed by atoms with E-state index in [0.29, 0.717) is 18.7 Å². The van der Waals surface area contributed by atoms with Crippen LogP contribution in [0.2, 0.25) is 0 Å². The predicted octanol–water partition coefficient (Wildman–Crippen LogP) is 3.28. The summed E-state index contributed by atoms with van der Waals surface area (Å²) < 4.78 is 33.1. The van der Waals surface area contributed by atoms with Gasteiger partial charge in [0.25, 0.3) is 5.91 Å². The SMILES string of the molecule is CC1CN(S(=O)(=O)c2ccc(C(=O)N(C(C)C)C3CCCC3)cc2)CC(C)O1. The molecule has 0 radical (unpaired) electrons. The van der Waals surface area contributed by atoms with Gasteiger partial charge >= 0.3 is 0 Å². The number of hydrogen-bond donors (Lipinski definition) is 0. The lowest BCUT2D eigenvalue weighted by molar-refractivity contribution is -0.0440. The summed E-state index contributed by atoms with van der Waals surface area (Å²) in [5.74, 6) is -0.0144. The van der Waals surface area contributed by atoms with Crippen LogP contribution in [0.3, 0.4) is 0 Å². The van der Waals surface area contributed by atoms with Gasteiger partial charge in [-0.3, -0.25) is 4.79 Å². The summed E-state index contributed by atoms with van der Waals surface area (Å²) in [6.07, 6.45) is 4.15. The smallest absolute Gasteiger partial charge is 0.254 e. The van der Waals surface area contributed by atoms with E-state index in [9.17, 15) is 13.2 Å². The van der Waals surface area contributed by atoms with E-state index in [1.807, 2.05) is 32.6 Å². The van der Waals surface area contributed by atoms with Gasteiger partial charge in [0.15, 0.2) is 0 Å². The Hall–Kier alpha value is -1.44. The van der Waals surface area contributed by atoms with Crippen molar-refractivity contribution in [1.29, 1.82) is 0 Å².